The second-order valence-corrected chi connectivity index (χ2v) is 3.90. The predicted molar refractivity (Wildman–Crippen MR) is 66.0 cm³/mol. The average molecular weight is 251 g/mol. The Balaban J connectivity index is 2.76. The molecule has 1 aromatic rings. The lowest BCUT2D eigenvalue weighted by molar-refractivity contribution is -0.131. The van der Waals surface area contributed by atoms with E-state index < -0.39 is 5.97 Å². The Morgan fingerprint density at radius 2 is 2.35 bits per heavy atom. The molecule has 0 saturated carbocycles. The summed E-state index contributed by atoms with van der Waals surface area (Å²) in [4.78, 5) is 10.4. The summed E-state index contributed by atoms with van der Waals surface area (Å²) in [6.45, 7) is 2.06. The molecule has 0 bridgehead atoms. The molecule has 2 N–H and O–H groups in total. The fourth-order valence-electron chi connectivity index (χ4n) is 1.23. The van der Waals surface area contributed by atoms with Gasteiger partial charge in [0.2, 0.25) is 0 Å². The highest BCUT2D eigenvalue weighted by Gasteiger charge is 2.02. The van der Waals surface area contributed by atoms with Gasteiger partial charge in [0.05, 0.1) is 22.3 Å². The van der Waals surface area contributed by atoms with Gasteiger partial charge >= 0.3 is 5.97 Å². The predicted octanol–water partition coefficient (Wildman–Crippen LogP) is 2.65. The highest BCUT2D eigenvalue weighted by molar-refractivity contribution is 6.33. The average Bonchev–Trinajstić information content (AvgIpc) is 2.27. The minimum atomic E-state index is -0.985. The van der Waals surface area contributed by atoms with Crippen LogP contribution in [0, 0.1) is 11.3 Å². The normalized spacial score (nSPS) is 10.8. The summed E-state index contributed by atoms with van der Waals surface area (Å²) in [6.07, 6.45) is 1.12. The lowest BCUT2D eigenvalue weighted by Gasteiger charge is -2.08. The van der Waals surface area contributed by atoms with Crippen LogP contribution in [0.2, 0.25) is 5.02 Å². The van der Waals surface area contributed by atoms with Crippen molar-refractivity contribution in [1.29, 1.82) is 5.26 Å². The van der Waals surface area contributed by atoms with Crippen LogP contribution in [0.1, 0.15) is 12.5 Å². The van der Waals surface area contributed by atoms with Gasteiger partial charge in [0.25, 0.3) is 0 Å². The minimum absolute atomic E-state index is 0.362. The summed E-state index contributed by atoms with van der Waals surface area (Å²) < 4.78 is 0. The molecule has 0 aliphatic carbocycles. The summed E-state index contributed by atoms with van der Waals surface area (Å²) in [7, 11) is 0. The van der Waals surface area contributed by atoms with Crippen LogP contribution in [0.4, 0.5) is 5.69 Å². The van der Waals surface area contributed by atoms with E-state index in [2.05, 4.69) is 5.32 Å². The number of aliphatic carboxylic acids is 1. The van der Waals surface area contributed by atoms with Gasteiger partial charge in [0.1, 0.15) is 0 Å². The zero-order chi connectivity index (χ0) is 12.8. The SMILES string of the molecule is C/C(=C/C(=O)O)CNc1cc(C#N)ccc1Cl. The van der Waals surface area contributed by atoms with Gasteiger partial charge in [-0.25, -0.2) is 4.79 Å². The van der Waals surface area contributed by atoms with Gasteiger partial charge in [-0.05, 0) is 30.7 Å². The molecule has 0 saturated heterocycles. The number of carboxylic acids is 1. The molecule has 0 heterocycles. The van der Waals surface area contributed by atoms with Gasteiger partial charge in [-0.15, -0.1) is 0 Å². The number of anilines is 1. The quantitative estimate of drug-likeness (QED) is 0.806. The van der Waals surface area contributed by atoms with Crippen LogP contribution >= 0.6 is 11.6 Å². The number of nitriles is 1. The van der Waals surface area contributed by atoms with Crippen LogP contribution in [0.25, 0.3) is 0 Å². The van der Waals surface area contributed by atoms with Crippen molar-refractivity contribution in [2.75, 3.05) is 11.9 Å². The van der Waals surface area contributed by atoms with Crippen molar-refractivity contribution in [3.63, 3.8) is 0 Å². The lowest BCUT2D eigenvalue weighted by atomic mass is 10.2. The summed E-state index contributed by atoms with van der Waals surface area (Å²) in [5, 5.41) is 20.8. The molecular formula is C12H11ClN2O2. The number of nitrogens with one attached hydrogen (secondary N) is 1. The van der Waals surface area contributed by atoms with E-state index in [9.17, 15) is 4.79 Å². The number of nitrogens with zero attached hydrogens (tertiary/aromatic N) is 1. The van der Waals surface area contributed by atoms with E-state index in [0.29, 0.717) is 28.4 Å². The van der Waals surface area contributed by atoms with Gasteiger partial charge < -0.3 is 10.4 Å². The maximum absolute atomic E-state index is 10.4. The molecule has 0 aliphatic heterocycles. The Hall–Kier alpha value is -1.99. The highest BCUT2D eigenvalue weighted by Crippen LogP contribution is 2.22. The third-order valence-corrected chi connectivity index (χ3v) is 2.35. The van der Waals surface area contributed by atoms with Crippen LogP contribution < -0.4 is 5.32 Å². The zero-order valence-electron chi connectivity index (χ0n) is 9.20. The van der Waals surface area contributed by atoms with Crippen LogP contribution in [-0.2, 0) is 4.79 Å². The second-order valence-electron chi connectivity index (χ2n) is 3.49. The summed E-state index contributed by atoms with van der Waals surface area (Å²) in [5.74, 6) is -0.985. The molecule has 0 aromatic heterocycles. The third-order valence-electron chi connectivity index (χ3n) is 2.02. The smallest absolute Gasteiger partial charge is 0.328 e. The summed E-state index contributed by atoms with van der Waals surface area (Å²) in [6, 6.07) is 6.87. The Bertz CT molecular complexity index is 504. The minimum Gasteiger partial charge on any atom is -0.478 e. The van der Waals surface area contributed by atoms with Crippen LogP contribution in [0.3, 0.4) is 0 Å². The van der Waals surface area contributed by atoms with Gasteiger partial charge in [-0.2, -0.15) is 5.26 Å². The van der Waals surface area contributed by atoms with E-state index in [4.69, 9.17) is 22.0 Å². The van der Waals surface area contributed by atoms with Crippen molar-refractivity contribution in [2.24, 2.45) is 0 Å². The number of carboxylic acid groups (broad SMARTS) is 1. The fourth-order valence-corrected chi connectivity index (χ4v) is 1.41. The first kappa shape index (κ1) is 13.1. The second kappa shape index (κ2) is 5.92. The zero-order valence-corrected chi connectivity index (χ0v) is 9.95. The van der Waals surface area contributed by atoms with Gasteiger partial charge in [-0.1, -0.05) is 11.6 Å². The molecule has 4 nitrogen and oxygen atoms in total. The first-order chi connectivity index (χ1) is 8.02. The molecule has 1 rings (SSSR count). The largest absolute Gasteiger partial charge is 0.478 e. The van der Waals surface area contributed by atoms with E-state index in [0.717, 1.165) is 6.08 Å². The molecule has 0 unspecified atom stereocenters. The van der Waals surface area contributed by atoms with Gasteiger partial charge in [-0.3, -0.25) is 0 Å². The van der Waals surface area contributed by atoms with E-state index in [1.54, 1.807) is 25.1 Å². The number of rotatable bonds is 4. The van der Waals surface area contributed by atoms with Crippen molar-refractivity contribution >= 4 is 23.3 Å². The van der Waals surface area contributed by atoms with Crippen molar-refractivity contribution in [1.82, 2.24) is 0 Å². The van der Waals surface area contributed by atoms with Crippen LogP contribution in [0.15, 0.2) is 29.8 Å². The molecule has 0 fully saturated rings. The van der Waals surface area contributed by atoms with E-state index in [1.807, 2.05) is 6.07 Å². The molecule has 5 heteroatoms. The summed E-state index contributed by atoms with van der Waals surface area (Å²) in [5.41, 5.74) is 1.77. The standard InChI is InChI=1S/C12H11ClN2O2/c1-8(4-12(16)17)7-15-11-5-9(6-14)2-3-10(11)13/h2-5,15H,7H2,1H3,(H,16,17)/b8-4-. The molecule has 0 spiro atoms. The van der Waals surface area contributed by atoms with Gasteiger partial charge in [0.15, 0.2) is 0 Å². The van der Waals surface area contributed by atoms with Crippen molar-refractivity contribution in [3.8, 4) is 6.07 Å². The van der Waals surface area contributed by atoms with E-state index in [1.165, 1.54) is 0 Å². The molecule has 88 valence electrons. The number of halogens is 1. The first-order valence-electron chi connectivity index (χ1n) is 4.86. The molecule has 17 heavy (non-hydrogen) atoms. The van der Waals surface area contributed by atoms with Crippen LogP contribution in [-0.4, -0.2) is 17.6 Å². The highest BCUT2D eigenvalue weighted by atomic mass is 35.5. The maximum Gasteiger partial charge on any atom is 0.328 e. The molecule has 0 radical (unpaired) electrons. The molecule has 1 aromatic carbocycles. The molecule has 0 aliphatic rings. The number of hydrogen-bond donors (Lipinski definition) is 2. The first-order valence-corrected chi connectivity index (χ1v) is 5.24. The van der Waals surface area contributed by atoms with E-state index >= 15 is 0 Å². The Labute approximate surface area is 104 Å². The van der Waals surface area contributed by atoms with Crippen LogP contribution in [0.5, 0.6) is 0 Å². The molecule has 0 atom stereocenters. The maximum atomic E-state index is 10.4. The van der Waals surface area contributed by atoms with Gasteiger partial charge in [0, 0.05) is 12.6 Å². The number of carbonyl (C=O) groups is 1. The number of hydrogen-bond acceptors (Lipinski definition) is 3. The Morgan fingerprint density at radius 1 is 1.65 bits per heavy atom. The number of benzene rings is 1. The molecule has 0 amide bonds. The fraction of sp³-hybridized carbons (Fsp3) is 0.167. The monoisotopic (exact) mass is 250 g/mol. The topological polar surface area (TPSA) is 73.1 Å². The lowest BCUT2D eigenvalue weighted by Crippen LogP contribution is -2.05. The Kier molecular flexibility index (Phi) is 4.56. The Morgan fingerprint density at radius 3 is 2.94 bits per heavy atom. The molecular weight excluding hydrogens is 240 g/mol. The third kappa shape index (κ3) is 4.17. The van der Waals surface area contributed by atoms with Crippen molar-refractivity contribution in [2.45, 2.75) is 6.92 Å². The van der Waals surface area contributed by atoms with E-state index in [-0.39, 0.29) is 0 Å². The summed E-state index contributed by atoms with van der Waals surface area (Å²) >= 11 is 5.93. The van der Waals surface area contributed by atoms with Crippen molar-refractivity contribution < 1.29 is 9.90 Å². The van der Waals surface area contributed by atoms with Crippen molar-refractivity contribution in [3.05, 3.63) is 40.4 Å².